The second-order valence-corrected chi connectivity index (χ2v) is 7.64. The van der Waals surface area contributed by atoms with Crippen molar-refractivity contribution in [1.29, 1.82) is 0 Å². The third-order valence-corrected chi connectivity index (χ3v) is 5.50. The zero-order valence-electron chi connectivity index (χ0n) is 11.4. The molecule has 9 heteroatoms. The number of hydrogen-bond acceptors (Lipinski definition) is 4. The average molecular weight is 346 g/mol. The molecular formula is C13H12F2N2O3S2. The number of sulfonamides is 1. The van der Waals surface area contributed by atoms with Gasteiger partial charge in [-0.15, -0.1) is 11.3 Å². The molecule has 5 nitrogen and oxygen atoms in total. The van der Waals surface area contributed by atoms with Gasteiger partial charge in [0.25, 0.3) is 10.0 Å². The van der Waals surface area contributed by atoms with Gasteiger partial charge >= 0.3 is 0 Å². The van der Waals surface area contributed by atoms with E-state index in [1.54, 1.807) is 13.0 Å². The fraction of sp³-hybridized carbons (Fsp3) is 0.154. The first-order valence-electron chi connectivity index (χ1n) is 6.09. The molecule has 0 atom stereocenters. The van der Waals surface area contributed by atoms with Crippen molar-refractivity contribution in [2.75, 3.05) is 11.9 Å². The largest absolute Gasteiger partial charge is 0.322 e. The highest BCUT2D eigenvalue weighted by atomic mass is 32.2. The van der Waals surface area contributed by atoms with Crippen LogP contribution in [0.2, 0.25) is 0 Å². The highest BCUT2D eigenvalue weighted by molar-refractivity contribution is 7.91. The van der Waals surface area contributed by atoms with E-state index >= 15 is 0 Å². The Morgan fingerprint density at radius 2 is 1.95 bits per heavy atom. The summed E-state index contributed by atoms with van der Waals surface area (Å²) in [6, 6.07) is 5.73. The first kappa shape index (κ1) is 16.5. The van der Waals surface area contributed by atoms with Crippen LogP contribution in [0.1, 0.15) is 4.88 Å². The quantitative estimate of drug-likeness (QED) is 0.872. The Bertz CT molecular complexity index is 803. The van der Waals surface area contributed by atoms with Crippen LogP contribution < -0.4 is 10.0 Å². The minimum atomic E-state index is -3.79. The molecule has 0 aliphatic carbocycles. The average Bonchev–Trinajstić information content (AvgIpc) is 2.87. The summed E-state index contributed by atoms with van der Waals surface area (Å²) in [5.74, 6) is -2.48. The van der Waals surface area contributed by atoms with Crippen LogP contribution in [0.3, 0.4) is 0 Å². The van der Waals surface area contributed by atoms with Gasteiger partial charge in [0, 0.05) is 10.9 Å². The van der Waals surface area contributed by atoms with Gasteiger partial charge < -0.3 is 5.32 Å². The monoisotopic (exact) mass is 346 g/mol. The molecule has 118 valence electrons. The lowest BCUT2D eigenvalue weighted by Gasteiger charge is -2.07. The van der Waals surface area contributed by atoms with Crippen LogP contribution in [0.5, 0.6) is 0 Å². The van der Waals surface area contributed by atoms with Crippen LogP contribution in [0.25, 0.3) is 0 Å². The maximum atomic E-state index is 13.4. The number of anilines is 1. The van der Waals surface area contributed by atoms with Crippen LogP contribution in [0.15, 0.2) is 34.5 Å². The zero-order chi connectivity index (χ0) is 16.3. The Kier molecular flexibility index (Phi) is 4.89. The second kappa shape index (κ2) is 6.51. The normalized spacial score (nSPS) is 11.4. The number of carbonyl (C=O) groups is 1. The minimum absolute atomic E-state index is 0.0887. The van der Waals surface area contributed by atoms with Crippen molar-refractivity contribution >= 4 is 33.0 Å². The third-order valence-electron chi connectivity index (χ3n) is 2.61. The number of nitrogens with one attached hydrogen (secondary N) is 2. The Hall–Kier alpha value is -1.84. The van der Waals surface area contributed by atoms with Crippen molar-refractivity contribution in [3.63, 3.8) is 0 Å². The van der Waals surface area contributed by atoms with Gasteiger partial charge in [-0.05, 0) is 31.2 Å². The predicted octanol–water partition coefficient (Wildman–Crippen LogP) is 2.25. The molecule has 0 saturated carbocycles. The van der Waals surface area contributed by atoms with Crippen LogP contribution in [0.4, 0.5) is 14.5 Å². The number of aryl methyl sites for hydroxylation is 1. The molecule has 1 aromatic carbocycles. The van der Waals surface area contributed by atoms with E-state index in [0.29, 0.717) is 6.07 Å². The molecule has 0 unspecified atom stereocenters. The van der Waals surface area contributed by atoms with Gasteiger partial charge in [0.1, 0.15) is 15.8 Å². The van der Waals surface area contributed by atoms with Crippen molar-refractivity contribution in [2.24, 2.45) is 0 Å². The van der Waals surface area contributed by atoms with E-state index < -0.39 is 34.1 Å². The topological polar surface area (TPSA) is 75.3 Å². The van der Waals surface area contributed by atoms with E-state index in [1.165, 1.54) is 6.07 Å². The molecule has 2 N–H and O–H groups in total. The maximum Gasteiger partial charge on any atom is 0.250 e. The smallest absolute Gasteiger partial charge is 0.250 e. The molecule has 2 rings (SSSR count). The lowest BCUT2D eigenvalue weighted by molar-refractivity contribution is -0.115. The van der Waals surface area contributed by atoms with Crippen LogP contribution in [0, 0.1) is 18.6 Å². The van der Waals surface area contributed by atoms with Gasteiger partial charge in [0.15, 0.2) is 0 Å². The van der Waals surface area contributed by atoms with Crippen molar-refractivity contribution in [3.05, 3.63) is 46.8 Å². The molecule has 2 aromatic rings. The third kappa shape index (κ3) is 4.09. The molecule has 0 saturated heterocycles. The molecular weight excluding hydrogens is 334 g/mol. The van der Waals surface area contributed by atoms with Crippen LogP contribution >= 0.6 is 11.3 Å². The lowest BCUT2D eigenvalue weighted by Crippen LogP contribution is -2.32. The van der Waals surface area contributed by atoms with Gasteiger partial charge in [-0.3, -0.25) is 4.79 Å². The summed E-state index contributed by atoms with van der Waals surface area (Å²) >= 11 is 1.07. The van der Waals surface area contributed by atoms with E-state index in [2.05, 4.69) is 10.0 Å². The fourth-order valence-corrected chi connectivity index (χ4v) is 3.88. The van der Waals surface area contributed by atoms with Crippen LogP contribution in [-0.4, -0.2) is 20.9 Å². The molecule has 0 aliphatic rings. The summed E-state index contributed by atoms with van der Waals surface area (Å²) in [5.41, 5.74) is -0.224. The van der Waals surface area contributed by atoms with Gasteiger partial charge in [0.2, 0.25) is 5.91 Å². The number of carbonyl (C=O) groups excluding carboxylic acids is 1. The first-order valence-corrected chi connectivity index (χ1v) is 8.39. The molecule has 1 aromatic heterocycles. The van der Waals surface area contributed by atoms with E-state index in [1.807, 2.05) is 0 Å². The molecule has 0 spiro atoms. The second-order valence-electron chi connectivity index (χ2n) is 4.36. The number of benzene rings is 1. The van der Waals surface area contributed by atoms with E-state index in [9.17, 15) is 22.0 Å². The SMILES string of the molecule is Cc1ccc(S(=O)(=O)NCC(=O)Nc2ccc(F)cc2F)s1. The molecule has 0 fully saturated rings. The number of halogens is 2. The maximum absolute atomic E-state index is 13.4. The molecule has 22 heavy (non-hydrogen) atoms. The Morgan fingerprint density at radius 1 is 1.23 bits per heavy atom. The lowest BCUT2D eigenvalue weighted by atomic mass is 10.3. The number of amides is 1. The number of rotatable bonds is 5. The highest BCUT2D eigenvalue weighted by Crippen LogP contribution is 2.20. The van der Waals surface area contributed by atoms with E-state index in [4.69, 9.17) is 0 Å². The summed E-state index contributed by atoms with van der Waals surface area (Å²) in [6.07, 6.45) is 0. The van der Waals surface area contributed by atoms with E-state index in [0.717, 1.165) is 28.3 Å². The van der Waals surface area contributed by atoms with Crippen molar-refractivity contribution in [1.82, 2.24) is 4.72 Å². The van der Waals surface area contributed by atoms with Gasteiger partial charge in [-0.25, -0.2) is 21.9 Å². The zero-order valence-corrected chi connectivity index (χ0v) is 13.0. The minimum Gasteiger partial charge on any atom is -0.322 e. The van der Waals surface area contributed by atoms with Gasteiger partial charge in [0.05, 0.1) is 12.2 Å². The summed E-state index contributed by atoms with van der Waals surface area (Å²) in [5, 5.41) is 2.16. The summed E-state index contributed by atoms with van der Waals surface area (Å²) < 4.78 is 52.1. The number of thiophene rings is 1. The van der Waals surface area contributed by atoms with Crippen molar-refractivity contribution < 1.29 is 22.0 Å². The summed E-state index contributed by atoms with van der Waals surface area (Å²) in [6.45, 7) is 1.20. The number of hydrogen-bond donors (Lipinski definition) is 2. The fourth-order valence-electron chi connectivity index (χ4n) is 1.57. The molecule has 0 radical (unpaired) electrons. The summed E-state index contributed by atoms with van der Waals surface area (Å²) in [7, 11) is -3.79. The summed E-state index contributed by atoms with van der Waals surface area (Å²) in [4.78, 5) is 12.5. The highest BCUT2D eigenvalue weighted by Gasteiger charge is 2.17. The standard InChI is InChI=1S/C13H12F2N2O3S2/c1-8-2-5-13(21-8)22(19,20)16-7-12(18)17-11-4-3-9(14)6-10(11)15/h2-6,16H,7H2,1H3,(H,17,18). The predicted molar refractivity (Wildman–Crippen MR) is 79.2 cm³/mol. The van der Waals surface area contributed by atoms with Crippen LogP contribution in [-0.2, 0) is 14.8 Å². The Balaban J connectivity index is 1.98. The first-order chi connectivity index (χ1) is 10.3. The molecule has 0 bridgehead atoms. The van der Waals surface area contributed by atoms with E-state index in [-0.39, 0.29) is 9.90 Å². The van der Waals surface area contributed by atoms with Gasteiger partial charge in [-0.2, -0.15) is 0 Å². The molecule has 1 heterocycles. The Labute approximate surface area is 130 Å². The van der Waals surface area contributed by atoms with Crippen molar-refractivity contribution in [2.45, 2.75) is 11.1 Å². The van der Waals surface area contributed by atoms with Gasteiger partial charge in [-0.1, -0.05) is 0 Å². The molecule has 1 amide bonds. The Morgan fingerprint density at radius 3 is 2.55 bits per heavy atom. The molecule has 0 aliphatic heterocycles. The van der Waals surface area contributed by atoms with Crippen molar-refractivity contribution in [3.8, 4) is 0 Å².